The van der Waals surface area contributed by atoms with Gasteiger partial charge in [-0.25, -0.2) is 4.98 Å². The maximum Gasteiger partial charge on any atom is 0.309 e. The van der Waals surface area contributed by atoms with Crippen molar-refractivity contribution in [2.24, 2.45) is 0 Å². The highest BCUT2D eigenvalue weighted by molar-refractivity contribution is 7.98. The van der Waals surface area contributed by atoms with Gasteiger partial charge >= 0.3 is 5.97 Å². The van der Waals surface area contributed by atoms with Crippen LogP contribution in [0.5, 0.6) is 5.75 Å². The molecule has 0 saturated heterocycles. The summed E-state index contributed by atoms with van der Waals surface area (Å²) in [6.45, 7) is 2.37. The van der Waals surface area contributed by atoms with Crippen LogP contribution in [0, 0.1) is 6.92 Å². The third-order valence-electron chi connectivity index (χ3n) is 4.04. The lowest BCUT2D eigenvalue weighted by molar-refractivity contribution is -0.145. The Kier molecular flexibility index (Phi) is 6.58. The van der Waals surface area contributed by atoms with E-state index in [1.807, 2.05) is 61.7 Å². The molecule has 0 amide bonds. The zero-order chi connectivity index (χ0) is 19.2. The molecule has 0 aliphatic carbocycles. The van der Waals surface area contributed by atoms with Crippen molar-refractivity contribution in [2.75, 3.05) is 12.9 Å². The van der Waals surface area contributed by atoms with Crippen LogP contribution in [0.25, 0.3) is 10.9 Å². The van der Waals surface area contributed by atoms with Crippen LogP contribution in [0.2, 0.25) is 5.15 Å². The molecule has 0 bridgehead atoms. The number of benzene rings is 2. The van der Waals surface area contributed by atoms with Gasteiger partial charge in [-0.2, -0.15) is 0 Å². The average Bonchev–Trinajstić information content (AvgIpc) is 2.67. The molecule has 140 valence electrons. The summed E-state index contributed by atoms with van der Waals surface area (Å²) >= 11 is 7.90. The minimum atomic E-state index is -0.337. The summed E-state index contributed by atoms with van der Waals surface area (Å²) in [4.78, 5) is 17.5. The summed E-state index contributed by atoms with van der Waals surface area (Å²) in [5, 5.41) is 1.32. The Balaban J connectivity index is 1.53. The second-order valence-corrected chi connectivity index (χ2v) is 7.31. The fourth-order valence-electron chi connectivity index (χ4n) is 2.51. The highest BCUT2D eigenvalue weighted by Gasteiger charge is 2.10. The number of hydrogen-bond acceptors (Lipinski definition) is 5. The number of halogens is 1. The van der Waals surface area contributed by atoms with Crippen LogP contribution < -0.4 is 4.74 Å². The predicted octanol–water partition coefficient (Wildman–Crippen LogP) is 5.43. The molecule has 1 aromatic heterocycles. The predicted molar refractivity (Wildman–Crippen MR) is 110 cm³/mol. The molecule has 3 rings (SSSR count). The first-order chi connectivity index (χ1) is 13.0. The lowest BCUT2D eigenvalue weighted by atomic mass is 10.2. The van der Waals surface area contributed by atoms with E-state index >= 15 is 0 Å². The van der Waals surface area contributed by atoms with Crippen molar-refractivity contribution in [3.8, 4) is 5.75 Å². The number of carbonyl (C=O) groups excluding carboxylic acids is 1. The SMILES string of the molecule is CSc1ccc2cc(COC(=O)CCOc3ccc(C)cc3)c(Cl)nc2c1. The number of aromatic nitrogens is 1. The second kappa shape index (κ2) is 9.11. The number of carbonyl (C=O) groups is 1. The minimum absolute atomic E-state index is 0.0927. The molecule has 2 aromatic carbocycles. The van der Waals surface area contributed by atoms with E-state index in [4.69, 9.17) is 21.1 Å². The van der Waals surface area contributed by atoms with Gasteiger partial charge in [-0.05, 0) is 43.5 Å². The van der Waals surface area contributed by atoms with Crippen LogP contribution >= 0.6 is 23.4 Å². The largest absolute Gasteiger partial charge is 0.493 e. The molecular formula is C21H20ClNO3S. The lowest BCUT2D eigenvalue weighted by Gasteiger charge is -2.09. The maximum absolute atomic E-state index is 12.0. The molecule has 0 N–H and O–H groups in total. The lowest BCUT2D eigenvalue weighted by Crippen LogP contribution is -2.10. The van der Waals surface area contributed by atoms with Gasteiger partial charge in [0.1, 0.15) is 17.5 Å². The van der Waals surface area contributed by atoms with Crippen LogP contribution in [-0.4, -0.2) is 23.8 Å². The van der Waals surface area contributed by atoms with Crippen molar-refractivity contribution < 1.29 is 14.3 Å². The van der Waals surface area contributed by atoms with Gasteiger partial charge in [0.2, 0.25) is 0 Å². The average molecular weight is 402 g/mol. The Morgan fingerprint density at radius 2 is 1.93 bits per heavy atom. The van der Waals surface area contributed by atoms with Crippen molar-refractivity contribution in [1.82, 2.24) is 4.98 Å². The normalized spacial score (nSPS) is 10.8. The van der Waals surface area contributed by atoms with Crippen molar-refractivity contribution in [3.05, 3.63) is 64.8 Å². The molecule has 0 saturated carbocycles. The molecular weight excluding hydrogens is 382 g/mol. The fraction of sp³-hybridized carbons (Fsp3) is 0.238. The first kappa shape index (κ1) is 19.5. The first-order valence-corrected chi connectivity index (χ1v) is 10.1. The standard InChI is InChI=1S/C21H20ClNO3S/c1-14-3-6-17(7-4-14)25-10-9-20(24)26-13-16-11-15-5-8-18(27-2)12-19(15)23-21(16)22/h3-8,11-12H,9-10,13H2,1-2H3. The topological polar surface area (TPSA) is 48.4 Å². The van der Waals surface area contributed by atoms with E-state index in [2.05, 4.69) is 4.98 Å². The number of fused-ring (bicyclic) bond motifs is 1. The molecule has 0 radical (unpaired) electrons. The van der Waals surface area contributed by atoms with Gasteiger partial charge in [-0.3, -0.25) is 4.79 Å². The van der Waals surface area contributed by atoms with Crippen LogP contribution in [0.3, 0.4) is 0 Å². The van der Waals surface area contributed by atoms with Crippen molar-refractivity contribution >= 4 is 40.2 Å². The molecule has 1 heterocycles. The van der Waals surface area contributed by atoms with Gasteiger partial charge in [0.05, 0.1) is 18.5 Å². The fourth-order valence-corrected chi connectivity index (χ4v) is 3.15. The van der Waals surface area contributed by atoms with E-state index in [9.17, 15) is 4.79 Å². The quantitative estimate of drug-likeness (QED) is 0.300. The molecule has 0 aliphatic rings. The Labute approximate surface area is 167 Å². The molecule has 0 spiro atoms. The van der Waals surface area contributed by atoms with Gasteiger partial charge < -0.3 is 9.47 Å². The number of rotatable bonds is 7. The maximum atomic E-state index is 12.0. The molecule has 3 aromatic rings. The number of nitrogens with zero attached hydrogens (tertiary/aromatic N) is 1. The Hall–Kier alpha value is -2.24. The van der Waals surface area contributed by atoms with Gasteiger partial charge in [0.15, 0.2) is 0 Å². The van der Waals surface area contributed by atoms with E-state index in [-0.39, 0.29) is 25.6 Å². The zero-order valence-corrected chi connectivity index (χ0v) is 16.8. The summed E-state index contributed by atoms with van der Waals surface area (Å²) in [6.07, 6.45) is 2.18. The van der Waals surface area contributed by atoms with E-state index in [0.717, 1.165) is 27.1 Å². The van der Waals surface area contributed by atoms with Crippen LogP contribution in [0.1, 0.15) is 17.5 Å². The highest BCUT2D eigenvalue weighted by Crippen LogP contribution is 2.25. The number of hydrogen-bond donors (Lipinski definition) is 0. The summed E-state index contributed by atoms with van der Waals surface area (Å²) < 4.78 is 10.9. The molecule has 6 heteroatoms. The smallest absolute Gasteiger partial charge is 0.309 e. The van der Waals surface area contributed by atoms with Crippen LogP contribution in [0.15, 0.2) is 53.4 Å². The zero-order valence-electron chi connectivity index (χ0n) is 15.2. The third kappa shape index (κ3) is 5.37. The van der Waals surface area contributed by atoms with Crippen molar-refractivity contribution in [1.29, 1.82) is 0 Å². The highest BCUT2D eigenvalue weighted by atomic mass is 35.5. The van der Waals surface area contributed by atoms with E-state index in [1.165, 1.54) is 0 Å². The minimum Gasteiger partial charge on any atom is -0.493 e. The summed E-state index contributed by atoms with van der Waals surface area (Å²) in [7, 11) is 0. The number of thioether (sulfide) groups is 1. The van der Waals surface area contributed by atoms with E-state index in [1.54, 1.807) is 11.8 Å². The third-order valence-corrected chi connectivity index (χ3v) is 5.09. The Morgan fingerprint density at radius 3 is 2.67 bits per heavy atom. The molecule has 27 heavy (non-hydrogen) atoms. The van der Waals surface area contributed by atoms with Gasteiger partial charge in [-0.15, -0.1) is 11.8 Å². The number of esters is 1. The van der Waals surface area contributed by atoms with Gasteiger partial charge in [0, 0.05) is 15.8 Å². The van der Waals surface area contributed by atoms with Crippen LogP contribution in [-0.2, 0) is 16.1 Å². The number of aryl methyl sites for hydroxylation is 1. The number of ether oxygens (including phenoxy) is 2. The molecule has 4 nitrogen and oxygen atoms in total. The van der Waals surface area contributed by atoms with E-state index in [0.29, 0.717) is 10.7 Å². The molecule has 0 aliphatic heterocycles. The molecule has 0 fully saturated rings. The van der Waals surface area contributed by atoms with E-state index < -0.39 is 0 Å². The number of pyridine rings is 1. The molecule has 0 unspecified atom stereocenters. The first-order valence-electron chi connectivity index (χ1n) is 8.53. The van der Waals surface area contributed by atoms with Gasteiger partial charge in [0.25, 0.3) is 0 Å². The van der Waals surface area contributed by atoms with Crippen molar-refractivity contribution in [2.45, 2.75) is 24.8 Å². The summed E-state index contributed by atoms with van der Waals surface area (Å²) in [6, 6.07) is 15.6. The summed E-state index contributed by atoms with van der Waals surface area (Å²) in [5.41, 5.74) is 2.68. The van der Waals surface area contributed by atoms with Gasteiger partial charge in [-0.1, -0.05) is 35.4 Å². The van der Waals surface area contributed by atoms with Crippen LogP contribution in [0.4, 0.5) is 0 Å². The Bertz CT molecular complexity index is 944. The molecule has 0 atom stereocenters. The monoisotopic (exact) mass is 401 g/mol. The summed E-state index contributed by atoms with van der Waals surface area (Å²) in [5.74, 6) is 0.399. The van der Waals surface area contributed by atoms with Crippen molar-refractivity contribution in [3.63, 3.8) is 0 Å². The second-order valence-electron chi connectivity index (χ2n) is 6.07. The Morgan fingerprint density at radius 1 is 1.15 bits per heavy atom.